The lowest BCUT2D eigenvalue weighted by Crippen LogP contribution is -2.23. The predicted octanol–water partition coefficient (Wildman–Crippen LogP) is 4.45. The second kappa shape index (κ2) is 6.73. The molecule has 27 heavy (non-hydrogen) atoms. The first-order valence-corrected chi connectivity index (χ1v) is 10.8. The van der Waals surface area contributed by atoms with Crippen molar-refractivity contribution in [2.24, 2.45) is 0 Å². The van der Waals surface area contributed by atoms with Crippen LogP contribution in [0.3, 0.4) is 0 Å². The maximum Gasteiger partial charge on any atom is 0.262 e. The lowest BCUT2D eigenvalue weighted by Gasteiger charge is -2.12. The maximum atomic E-state index is 13.0. The standard InChI is InChI=1S/C20H18N4OS2/c1-2-10-24-19(25)12-6-3-4-8-14(12)23-20(24)27-18-16-13-7-5-9-15(13)26-17(16)21-11-22-18/h3-4,6,8,11H,2,5,7,9-10H2,1H3. The van der Waals surface area contributed by atoms with Gasteiger partial charge in [-0.1, -0.05) is 19.1 Å². The van der Waals surface area contributed by atoms with Crippen molar-refractivity contribution in [3.05, 3.63) is 51.4 Å². The summed E-state index contributed by atoms with van der Waals surface area (Å²) in [6, 6.07) is 7.55. The molecule has 0 unspecified atom stereocenters. The zero-order valence-corrected chi connectivity index (χ0v) is 16.6. The Bertz CT molecular complexity index is 1230. The summed E-state index contributed by atoms with van der Waals surface area (Å²) in [7, 11) is 0. The summed E-state index contributed by atoms with van der Waals surface area (Å²) in [6.45, 7) is 2.72. The Morgan fingerprint density at radius 2 is 2.11 bits per heavy atom. The zero-order valence-electron chi connectivity index (χ0n) is 14.9. The van der Waals surface area contributed by atoms with Crippen molar-refractivity contribution in [2.75, 3.05) is 0 Å². The van der Waals surface area contributed by atoms with E-state index >= 15 is 0 Å². The molecular formula is C20H18N4OS2. The number of aromatic nitrogens is 4. The van der Waals surface area contributed by atoms with Crippen molar-refractivity contribution in [3.63, 3.8) is 0 Å². The molecule has 0 N–H and O–H groups in total. The molecular weight excluding hydrogens is 376 g/mol. The van der Waals surface area contributed by atoms with E-state index in [4.69, 9.17) is 4.98 Å². The third-order valence-corrected chi connectivity index (χ3v) is 7.13. The first-order valence-electron chi connectivity index (χ1n) is 9.19. The monoisotopic (exact) mass is 394 g/mol. The van der Waals surface area contributed by atoms with Crippen molar-refractivity contribution < 1.29 is 0 Å². The lowest BCUT2D eigenvalue weighted by molar-refractivity contribution is 0.584. The fraction of sp³-hybridized carbons (Fsp3) is 0.300. The molecule has 0 aliphatic heterocycles. The second-order valence-corrected chi connectivity index (χ2v) is 8.73. The van der Waals surface area contributed by atoms with E-state index in [-0.39, 0.29) is 5.56 Å². The average Bonchev–Trinajstić information content (AvgIpc) is 3.26. The van der Waals surface area contributed by atoms with Crippen LogP contribution in [0, 0.1) is 0 Å². The number of nitrogens with zero attached hydrogens (tertiary/aromatic N) is 4. The molecule has 7 heteroatoms. The minimum atomic E-state index is 0.0193. The number of rotatable bonds is 4. The van der Waals surface area contributed by atoms with Gasteiger partial charge in [-0.2, -0.15) is 0 Å². The molecule has 0 amide bonds. The van der Waals surface area contributed by atoms with Crippen molar-refractivity contribution in [1.82, 2.24) is 19.5 Å². The molecule has 0 saturated carbocycles. The normalized spacial score (nSPS) is 13.5. The topological polar surface area (TPSA) is 60.7 Å². The maximum absolute atomic E-state index is 13.0. The molecule has 1 aliphatic carbocycles. The third kappa shape index (κ3) is 2.76. The van der Waals surface area contributed by atoms with Crippen LogP contribution in [-0.2, 0) is 19.4 Å². The summed E-state index contributed by atoms with van der Waals surface area (Å²) in [4.78, 5) is 29.3. The number of hydrogen-bond donors (Lipinski definition) is 0. The number of hydrogen-bond acceptors (Lipinski definition) is 6. The molecule has 3 heterocycles. The highest BCUT2D eigenvalue weighted by atomic mass is 32.2. The average molecular weight is 395 g/mol. The van der Waals surface area contributed by atoms with E-state index in [2.05, 4.69) is 16.9 Å². The smallest absolute Gasteiger partial charge is 0.262 e. The van der Waals surface area contributed by atoms with Gasteiger partial charge in [0.25, 0.3) is 5.56 Å². The highest BCUT2D eigenvalue weighted by molar-refractivity contribution is 7.99. The van der Waals surface area contributed by atoms with Gasteiger partial charge in [-0.25, -0.2) is 15.0 Å². The highest BCUT2D eigenvalue weighted by Gasteiger charge is 2.22. The molecule has 5 rings (SSSR count). The third-order valence-electron chi connectivity index (χ3n) is 4.93. The van der Waals surface area contributed by atoms with Crippen LogP contribution in [0.1, 0.15) is 30.2 Å². The minimum absolute atomic E-state index is 0.0193. The van der Waals surface area contributed by atoms with Crippen LogP contribution in [0.4, 0.5) is 0 Å². The second-order valence-electron chi connectivity index (χ2n) is 6.69. The van der Waals surface area contributed by atoms with E-state index in [1.807, 2.05) is 24.3 Å². The van der Waals surface area contributed by atoms with Crippen LogP contribution in [0.2, 0.25) is 0 Å². The van der Waals surface area contributed by atoms with E-state index < -0.39 is 0 Å². The molecule has 0 fully saturated rings. The Balaban J connectivity index is 1.70. The number of fused-ring (bicyclic) bond motifs is 4. The predicted molar refractivity (Wildman–Crippen MR) is 110 cm³/mol. The van der Waals surface area contributed by atoms with E-state index in [0.29, 0.717) is 17.1 Å². The molecule has 3 aromatic heterocycles. The summed E-state index contributed by atoms with van der Waals surface area (Å²) in [5, 5.41) is 3.44. The van der Waals surface area contributed by atoms with E-state index in [1.165, 1.54) is 28.6 Å². The lowest BCUT2D eigenvalue weighted by atomic mass is 10.2. The van der Waals surface area contributed by atoms with Crippen molar-refractivity contribution >= 4 is 44.2 Å². The van der Waals surface area contributed by atoms with Crippen LogP contribution >= 0.6 is 23.1 Å². The molecule has 136 valence electrons. The van der Waals surface area contributed by atoms with E-state index in [9.17, 15) is 4.79 Å². The molecule has 1 aliphatic rings. The van der Waals surface area contributed by atoms with Crippen LogP contribution in [0.25, 0.3) is 21.1 Å². The van der Waals surface area contributed by atoms with Gasteiger partial charge in [0.1, 0.15) is 16.2 Å². The van der Waals surface area contributed by atoms with Crippen LogP contribution in [-0.4, -0.2) is 19.5 Å². The number of thiophene rings is 1. The Morgan fingerprint density at radius 3 is 3.00 bits per heavy atom. The Morgan fingerprint density at radius 1 is 1.22 bits per heavy atom. The fourth-order valence-corrected chi connectivity index (χ4v) is 6.03. The van der Waals surface area contributed by atoms with Crippen molar-refractivity contribution in [1.29, 1.82) is 0 Å². The van der Waals surface area contributed by atoms with Gasteiger partial charge >= 0.3 is 0 Å². The van der Waals surface area contributed by atoms with Crippen molar-refractivity contribution in [3.8, 4) is 0 Å². The van der Waals surface area contributed by atoms with Gasteiger partial charge in [0.2, 0.25) is 0 Å². The molecule has 1 aromatic carbocycles. The Labute approximate surface area is 164 Å². The van der Waals surface area contributed by atoms with Gasteiger partial charge in [-0.15, -0.1) is 11.3 Å². The number of benzene rings is 1. The Kier molecular flexibility index (Phi) is 4.21. The van der Waals surface area contributed by atoms with Gasteiger partial charge < -0.3 is 0 Å². The zero-order chi connectivity index (χ0) is 18.4. The first-order chi connectivity index (χ1) is 13.3. The number of aryl methyl sites for hydroxylation is 2. The largest absolute Gasteiger partial charge is 0.287 e. The summed E-state index contributed by atoms with van der Waals surface area (Å²) in [5.74, 6) is 0. The minimum Gasteiger partial charge on any atom is -0.287 e. The van der Waals surface area contributed by atoms with Gasteiger partial charge in [-0.05, 0) is 55.1 Å². The van der Waals surface area contributed by atoms with E-state index in [1.54, 1.807) is 22.2 Å². The highest BCUT2D eigenvalue weighted by Crippen LogP contribution is 2.41. The van der Waals surface area contributed by atoms with Crippen LogP contribution < -0.4 is 5.56 Å². The molecule has 5 nitrogen and oxygen atoms in total. The van der Waals surface area contributed by atoms with Crippen LogP contribution in [0.5, 0.6) is 0 Å². The summed E-state index contributed by atoms with van der Waals surface area (Å²) >= 11 is 3.27. The summed E-state index contributed by atoms with van der Waals surface area (Å²) < 4.78 is 1.79. The van der Waals surface area contributed by atoms with Gasteiger partial charge in [0.05, 0.1) is 10.9 Å². The molecule has 0 atom stereocenters. The van der Waals surface area contributed by atoms with Gasteiger partial charge in [-0.3, -0.25) is 9.36 Å². The molecule has 0 radical (unpaired) electrons. The molecule has 0 spiro atoms. The fourth-order valence-electron chi connectivity index (χ4n) is 3.71. The number of para-hydroxylation sites is 1. The van der Waals surface area contributed by atoms with Gasteiger partial charge in [0, 0.05) is 16.8 Å². The molecule has 0 saturated heterocycles. The summed E-state index contributed by atoms with van der Waals surface area (Å²) in [6.07, 6.45) is 5.92. The molecule has 4 aromatic rings. The Hall–Kier alpha value is -2.25. The van der Waals surface area contributed by atoms with E-state index in [0.717, 1.165) is 40.0 Å². The SMILES string of the molecule is CCCn1c(Sc2ncnc3sc4c(c23)CCC4)nc2ccccc2c1=O. The molecule has 0 bridgehead atoms. The van der Waals surface area contributed by atoms with Crippen molar-refractivity contribution in [2.45, 2.75) is 49.3 Å². The first kappa shape index (κ1) is 16.9. The quantitative estimate of drug-likeness (QED) is 0.378. The van der Waals surface area contributed by atoms with Gasteiger partial charge in [0.15, 0.2) is 5.16 Å². The van der Waals surface area contributed by atoms with Crippen LogP contribution in [0.15, 0.2) is 45.6 Å². The summed E-state index contributed by atoms with van der Waals surface area (Å²) in [5.41, 5.74) is 2.15.